The lowest BCUT2D eigenvalue weighted by molar-refractivity contribution is 0.231. The third-order valence-electron chi connectivity index (χ3n) is 1.98. The number of nitrogens with two attached hydrogens (primary N) is 1. The van der Waals surface area contributed by atoms with Crippen molar-refractivity contribution in [1.82, 2.24) is 10.6 Å². The summed E-state index contributed by atoms with van der Waals surface area (Å²) in [7, 11) is 0. The summed E-state index contributed by atoms with van der Waals surface area (Å²) in [5.74, 6) is 0. The zero-order valence-corrected chi connectivity index (χ0v) is 10.0. The molecular weight excluding hydrogens is 202 g/mol. The lowest BCUT2D eigenvalue weighted by Gasteiger charge is -2.20. The Morgan fingerprint density at radius 1 is 1.31 bits per heavy atom. The topological polar surface area (TPSA) is 67.2 Å². The Bertz CT molecular complexity index is 369. The van der Waals surface area contributed by atoms with E-state index < -0.39 is 0 Å². The molecule has 0 aliphatic rings. The van der Waals surface area contributed by atoms with Gasteiger partial charge >= 0.3 is 6.03 Å². The van der Waals surface area contributed by atoms with Crippen molar-refractivity contribution in [2.45, 2.75) is 32.9 Å². The molecule has 88 valence electrons. The monoisotopic (exact) mass is 221 g/mol. The van der Waals surface area contributed by atoms with Crippen LogP contribution in [0, 0.1) is 0 Å². The van der Waals surface area contributed by atoms with Crippen molar-refractivity contribution >= 4 is 11.7 Å². The molecule has 0 spiro atoms. The van der Waals surface area contributed by atoms with Crippen LogP contribution in [0.5, 0.6) is 0 Å². The van der Waals surface area contributed by atoms with E-state index in [1.807, 2.05) is 45.0 Å². The number of hydrogen-bond donors (Lipinski definition) is 3. The summed E-state index contributed by atoms with van der Waals surface area (Å²) in [6, 6.07) is 7.30. The number of amides is 2. The van der Waals surface area contributed by atoms with Gasteiger partial charge in [0.25, 0.3) is 0 Å². The summed E-state index contributed by atoms with van der Waals surface area (Å²) in [5, 5.41) is 5.58. The van der Waals surface area contributed by atoms with Crippen LogP contribution in [-0.4, -0.2) is 11.6 Å². The van der Waals surface area contributed by atoms with Crippen molar-refractivity contribution in [3.63, 3.8) is 0 Å². The molecule has 1 aromatic carbocycles. The fourth-order valence-corrected chi connectivity index (χ4v) is 1.26. The predicted octanol–water partition coefficient (Wildman–Crippen LogP) is 1.87. The third-order valence-corrected chi connectivity index (χ3v) is 1.98. The molecule has 16 heavy (non-hydrogen) atoms. The van der Waals surface area contributed by atoms with Gasteiger partial charge in [-0.1, -0.05) is 18.2 Å². The lowest BCUT2D eigenvalue weighted by Crippen LogP contribution is -2.46. The average molecular weight is 221 g/mol. The number of urea groups is 1. The van der Waals surface area contributed by atoms with E-state index in [1.54, 1.807) is 0 Å². The number of nitrogen functional groups attached to an aromatic ring is 1. The Kier molecular flexibility index (Phi) is 3.77. The van der Waals surface area contributed by atoms with Crippen LogP contribution in [-0.2, 0) is 6.54 Å². The highest BCUT2D eigenvalue weighted by molar-refractivity contribution is 5.74. The molecule has 0 unspecified atom stereocenters. The molecule has 0 saturated carbocycles. The maximum Gasteiger partial charge on any atom is 0.315 e. The maximum absolute atomic E-state index is 11.5. The number of para-hydroxylation sites is 1. The summed E-state index contributed by atoms with van der Waals surface area (Å²) in [4.78, 5) is 11.5. The standard InChI is InChI=1S/C12H19N3O/c1-12(2,3)15-11(16)14-8-9-6-4-5-7-10(9)13/h4-7H,8,13H2,1-3H3,(H2,14,15,16). The first-order chi connectivity index (χ1) is 7.38. The maximum atomic E-state index is 11.5. The SMILES string of the molecule is CC(C)(C)NC(=O)NCc1ccccc1N. The molecule has 0 aromatic heterocycles. The number of anilines is 1. The van der Waals surface area contributed by atoms with Gasteiger partial charge in [0.2, 0.25) is 0 Å². The minimum absolute atomic E-state index is 0.184. The Labute approximate surface area is 96.2 Å². The molecule has 4 nitrogen and oxygen atoms in total. The zero-order chi connectivity index (χ0) is 12.2. The van der Waals surface area contributed by atoms with Crippen LogP contribution >= 0.6 is 0 Å². The van der Waals surface area contributed by atoms with Crippen molar-refractivity contribution in [2.24, 2.45) is 0 Å². The summed E-state index contributed by atoms with van der Waals surface area (Å²) in [6.45, 7) is 6.24. The largest absolute Gasteiger partial charge is 0.398 e. The van der Waals surface area contributed by atoms with Crippen LogP contribution in [0.25, 0.3) is 0 Å². The summed E-state index contributed by atoms with van der Waals surface area (Å²) < 4.78 is 0. The summed E-state index contributed by atoms with van der Waals surface area (Å²) in [5.41, 5.74) is 7.15. The minimum Gasteiger partial charge on any atom is -0.398 e. The molecule has 0 saturated heterocycles. The summed E-state index contributed by atoms with van der Waals surface area (Å²) in [6.07, 6.45) is 0. The van der Waals surface area contributed by atoms with Gasteiger partial charge in [0, 0.05) is 17.8 Å². The highest BCUT2D eigenvalue weighted by Crippen LogP contribution is 2.09. The Morgan fingerprint density at radius 3 is 2.50 bits per heavy atom. The Morgan fingerprint density at radius 2 is 1.94 bits per heavy atom. The number of hydrogen-bond acceptors (Lipinski definition) is 2. The van der Waals surface area contributed by atoms with Gasteiger partial charge in [-0.05, 0) is 32.4 Å². The predicted molar refractivity (Wildman–Crippen MR) is 66.0 cm³/mol. The molecule has 0 fully saturated rings. The smallest absolute Gasteiger partial charge is 0.315 e. The van der Waals surface area contributed by atoms with E-state index >= 15 is 0 Å². The number of carbonyl (C=O) groups excluding carboxylic acids is 1. The van der Waals surface area contributed by atoms with Gasteiger partial charge in [0.15, 0.2) is 0 Å². The van der Waals surface area contributed by atoms with Crippen LogP contribution in [0.2, 0.25) is 0 Å². The van der Waals surface area contributed by atoms with Crippen LogP contribution in [0.3, 0.4) is 0 Å². The van der Waals surface area contributed by atoms with Crippen molar-refractivity contribution < 1.29 is 4.79 Å². The van der Waals surface area contributed by atoms with Crippen LogP contribution in [0.15, 0.2) is 24.3 Å². The number of nitrogens with one attached hydrogen (secondary N) is 2. The van der Waals surface area contributed by atoms with Crippen molar-refractivity contribution in [1.29, 1.82) is 0 Å². The fourth-order valence-electron chi connectivity index (χ4n) is 1.26. The Balaban J connectivity index is 2.47. The van der Waals surface area contributed by atoms with Crippen molar-refractivity contribution in [3.05, 3.63) is 29.8 Å². The molecule has 0 aliphatic heterocycles. The van der Waals surface area contributed by atoms with Gasteiger partial charge in [-0.25, -0.2) is 4.79 Å². The van der Waals surface area contributed by atoms with Gasteiger partial charge in [-0.3, -0.25) is 0 Å². The van der Waals surface area contributed by atoms with E-state index in [0.717, 1.165) is 5.56 Å². The van der Waals surface area contributed by atoms with Gasteiger partial charge in [-0.2, -0.15) is 0 Å². The van der Waals surface area contributed by atoms with E-state index in [9.17, 15) is 4.79 Å². The van der Waals surface area contributed by atoms with E-state index in [4.69, 9.17) is 5.73 Å². The molecule has 4 N–H and O–H groups in total. The molecule has 4 heteroatoms. The van der Waals surface area contributed by atoms with Crippen LogP contribution < -0.4 is 16.4 Å². The normalized spacial score (nSPS) is 10.9. The van der Waals surface area contributed by atoms with E-state index in [-0.39, 0.29) is 11.6 Å². The zero-order valence-electron chi connectivity index (χ0n) is 10.0. The first-order valence-electron chi connectivity index (χ1n) is 5.28. The molecule has 0 aliphatic carbocycles. The van der Waals surface area contributed by atoms with E-state index in [1.165, 1.54) is 0 Å². The summed E-state index contributed by atoms with van der Waals surface area (Å²) >= 11 is 0. The Hall–Kier alpha value is -1.71. The van der Waals surface area contributed by atoms with Crippen molar-refractivity contribution in [3.8, 4) is 0 Å². The molecule has 0 radical (unpaired) electrons. The van der Waals surface area contributed by atoms with Crippen molar-refractivity contribution in [2.75, 3.05) is 5.73 Å². The molecule has 1 rings (SSSR count). The van der Waals surface area contributed by atoms with Gasteiger partial charge in [-0.15, -0.1) is 0 Å². The second kappa shape index (κ2) is 4.88. The van der Waals surface area contributed by atoms with Gasteiger partial charge in [0.1, 0.15) is 0 Å². The van der Waals surface area contributed by atoms with E-state index in [0.29, 0.717) is 12.2 Å². The molecule has 0 bridgehead atoms. The first kappa shape index (κ1) is 12.4. The van der Waals surface area contributed by atoms with Crippen LogP contribution in [0.4, 0.5) is 10.5 Å². The van der Waals surface area contributed by atoms with E-state index in [2.05, 4.69) is 10.6 Å². The minimum atomic E-state index is -0.230. The number of benzene rings is 1. The molecule has 0 atom stereocenters. The average Bonchev–Trinajstić information content (AvgIpc) is 2.14. The second-order valence-electron chi connectivity index (χ2n) is 4.76. The lowest BCUT2D eigenvalue weighted by atomic mass is 10.1. The fraction of sp³-hybridized carbons (Fsp3) is 0.417. The third kappa shape index (κ3) is 4.21. The molecule has 0 heterocycles. The molecule has 1 aromatic rings. The first-order valence-corrected chi connectivity index (χ1v) is 5.28. The highest BCUT2D eigenvalue weighted by atomic mass is 16.2. The van der Waals surface area contributed by atoms with Gasteiger partial charge in [0.05, 0.1) is 0 Å². The van der Waals surface area contributed by atoms with Gasteiger partial charge < -0.3 is 16.4 Å². The quantitative estimate of drug-likeness (QED) is 0.667. The second-order valence-corrected chi connectivity index (χ2v) is 4.76. The van der Waals surface area contributed by atoms with Crippen LogP contribution in [0.1, 0.15) is 26.3 Å². The highest BCUT2D eigenvalue weighted by Gasteiger charge is 2.13. The number of carbonyl (C=O) groups is 1. The molecule has 2 amide bonds. The molecular formula is C12H19N3O. The number of rotatable bonds is 2.